The summed E-state index contributed by atoms with van der Waals surface area (Å²) in [6.45, 7) is 0.735. The van der Waals surface area contributed by atoms with Gasteiger partial charge in [-0.3, -0.25) is 4.98 Å². The van der Waals surface area contributed by atoms with Crippen LogP contribution in [0, 0.1) is 11.3 Å². The number of aliphatic imine (C=N–C) groups is 1. The number of benzene rings is 1. The highest BCUT2D eigenvalue weighted by Gasteiger charge is 2.35. The molecule has 37 heavy (non-hydrogen) atoms. The topological polar surface area (TPSA) is 111 Å². The first-order valence-corrected chi connectivity index (χ1v) is 13.6. The maximum atomic E-state index is 13.3. The number of aromatic nitrogens is 1. The van der Waals surface area contributed by atoms with E-state index in [9.17, 15) is 21.6 Å². The van der Waals surface area contributed by atoms with Crippen LogP contribution in [0.5, 0.6) is 0 Å². The van der Waals surface area contributed by atoms with Gasteiger partial charge in [0.1, 0.15) is 11.6 Å². The zero-order chi connectivity index (χ0) is 26.6. The minimum atomic E-state index is -4.64. The molecule has 0 saturated carbocycles. The van der Waals surface area contributed by atoms with Crippen LogP contribution in [0.25, 0.3) is 0 Å². The second-order valence-corrected chi connectivity index (χ2v) is 11.3. The number of halogens is 4. The van der Waals surface area contributed by atoms with E-state index in [1.54, 1.807) is 18.5 Å². The van der Waals surface area contributed by atoms with Crippen molar-refractivity contribution in [3.8, 4) is 0 Å². The molecular weight excluding hydrogens is 573 g/mol. The zero-order valence-corrected chi connectivity index (χ0v) is 21.9. The lowest BCUT2D eigenvalue weighted by Gasteiger charge is -2.33. The van der Waals surface area contributed by atoms with Crippen molar-refractivity contribution in [3.63, 3.8) is 0 Å². The maximum absolute atomic E-state index is 13.3. The van der Waals surface area contributed by atoms with Gasteiger partial charge < -0.3 is 16.0 Å². The van der Waals surface area contributed by atoms with E-state index in [2.05, 4.69) is 36.5 Å². The highest BCUT2D eigenvalue weighted by molar-refractivity contribution is 9.12. The van der Waals surface area contributed by atoms with Crippen LogP contribution in [0.3, 0.4) is 0 Å². The van der Waals surface area contributed by atoms with Crippen LogP contribution < -0.4 is 10.6 Å². The Morgan fingerprint density at radius 1 is 1.30 bits per heavy atom. The van der Waals surface area contributed by atoms with Crippen LogP contribution >= 0.6 is 15.9 Å². The van der Waals surface area contributed by atoms with Gasteiger partial charge in [0, 0.05) is 50.2 Å². The smallest absolute Gasteiger partial charge is 0.367 e. The molecule has 2 aliphatic heterocycles. The van der Waals surface area contributed by atoms with Crippen molar-refractivity contribution in [1.29, 1.82) is 5.41 Å². The van der Waals surface area contributed by atoms with E-state index >= 15 is 0 Å². The van der Waals surface area contributed by atoms with Crippen molar-refractivity contribution >= 4 is 37.9 Å². The molecule has 1 fully saturated rings. The van der Waals surface area contributed by atoms with Crippen molar-refractivity contribution in [3.05, 3.63) is 82.1 Å². The van der Waals surface area contributed by atoms with Crippen molar-refractivity contribution in [2.75, 3.05) is 13.1 Å². The Labute approximate surface area is 221 Å². The molecule has 3 N–H and O–H groups in total. The molecular formula is C24H24BrF3N6O2S. The van der Waals surface area contributed by atoms with Crippen molar-refractivity contribution in [2.24, 2.45) is 10.9 Å². The number of sulfonamides is 1. The number of nitrogens with one attached hydrogen (secondary N) is 3. The van der Waals surface area contributed by atoms with Gasteiger partial charge in [-0.05, 0) is 58.6 Å². The Hall–Kier alpha value is -3.03. The number of hydrogen-bond acceptors (Lipinski definition) is 7. The van der Waals surface area contributed by atoms with Gasteiger partial charge in [-0.1, -0.05) is 12.1 Å². The zero-order valence-electron chi connectivity index (χ0n) is 19.5. The van der Waals surface area contributed by atoms with Crippen molar-refractivity contribution in [2.45, 2.75) is 30.5 Å². The van der Waals surface area contributed by atoms with E-state index < -0.39 is 26.7 Å². The quantitative estimate of drug-likeness (QED) is 0.411. The molecule has 0 spiro atoms. The first-order chi connectivity index (χ1) is 17.6. The lowest BCUT2D eigenvalue weighted by Crippen LogP contribution is -2.43. The first kappa shape index (κ1) is 27.0. The number of nitrogens with zero attached hydrogens (tertiary/aromatic N) is 3. The van der Waals surface area contributed by atoms with E-state index in [4.69, 9.17) is 5.41 Å². The van der Waals surface area contributed by atoms with Crippen LogP contribution in [0.15, 0.2) is 80.9 Å². The number of allylic oxidation sites excluding steroid dienone is 2. The molecule has 8 nitrogen and oxygen atoms in total. The van der Waals surface area contributed by atoms with Crippen LogP contribution in [-0.2, 0) is 22.7 Å². The van der Waals surface area contributed by atoms with E-state index in [1.165, 1.54) is 10.4 Å². The third-order valence-corrected chi connectivity index (χ3v) is 8.41. The van der Waals surface area contributed by atoms with E-state index in [0.717, 1.165) is 23.9 Å². The van der Waals surface area contributed by atoms with Crippen molar-refractivity contribution in [1.82, 2.24) is 19.9 Å². The maximum Gasteiger partial charge on any atom is 0.416 e. The molecule has 13 heteroatoms. The Morgan fingerprint density at radius 2 is 2.11 bits per heavy atom. The molecule has 3 heterocycles. The highest BCUT2D eigenvalue weighted by Crippen LogP contribution is 2.32. The van der Waals surface area contributed by atoms with Crippen LogP contribution in [0.4, 0.5) is 13.2 Å². The molecule has 1 aromatic heterocycles. The van der Waals surface area contributed by atoms with Gasteiger partial charge in [-0.25, -0.2) is 13.4 Å². The molecule has 1 saturated heterocycles. The number of piperidine rings is 1. The summed E-state index contributed by atoms with van der Waals surface area (Å²) in [7, 11) is -4.15. The summed E-state index contributed by atoms with van der Waals surface area (Å²) in [4.78, 5) is 8.31. The van der Waals surface area contributed by atoms with E-state index in [0.29, 0.717) is 47.3 Å². The average Bonchev–Trinajstić information content (AvgIpc) is 2.91. The SMILES string of the molecule is N=C/C(Br)=C1/N=C(C2CCCN(S(=O)(=O)c3cccc(C(F)(F)F)c3)C2)C=C(NCc2cccnc2)N1. The third-order valence-electron chi connectivity index (χ3n) is 5.95. The summed E-state index contributed by atoms with van der Waals surface area (Å²) in [5.74, 6) is 0.701. The van der Waals surface area contributed by atoms with E-state index in [-0.39, 0.29) is 19.0 Å². The van der Waals surface area contributed by atoms with Crippen LogP contribution in [-0.4, -0.2) is 42.7 Å². The number of alkyl halides is 3. The average molecular weight is 597 g/mol. The van der Waals surface area contributed by atoms with Gasteiger partial charge >= 0.3 is 6.18 Å². The Bertz CT molecular complexity index is 1360. The lowest BCUT2D eigenvalue weighted by molar-refractivity contribution is -0.137. The number of hydrogen-bond donors (Lipinski definition) is 3. The monoisotopic (exact) mass is 596 g/mol. The molecule has 1 atom stereocenters. The van der Waals surface area contributed by atoms with Crippen LogP contribution in [0.2, 0.25) is 0 Å². The molecule has 2 aromatic rings. The summed E-state index contributed by atoms with van der Waals surface area (Å²) < 4.78 is 67.7. The van der Waals surface area contributed by atoms with Gasteiger partial charge in [0.25, 0.3) is 0 Å². The molecule has 2 aliphatic rings. The fourth-order valence-corrected chi connectivity index (χ4v) is 5.83. The molecule has 1 unspecified atom stereocenters. The summed E-state index contributed by atoms with van der Waals surface area (Å²) in [5, 5.41) is 14.0. The Morgan fingerprint density at radius 3 is 2.81 bits per heavy atom. The second kappa shape index (κ2) is 11.2. The lowest BCUT2D eigenvalue weighted by atomic mass is 9.93. The largest absolute Gasteiger partial charge is 0.416 e. The molecule has 1 aromatic carbocycles. The summed E-state index contributed by atoms with van der Waals surface area (Å²) in [6.07, 6.45) is 2.81. The van der Waals surface area contributed by atoms with Gasteiger partial charge in [0.05, 0.1) is 20.7 Å². The summed E-state index contributed by atoms with van der Waals surface area (Å²) >= 11 is 3.31. The second-order valence-electron chi connectivity index (χ2n) is 8.50. The minimum absolute atomic E-state index is 0.0687. The number of pyridine rings is 1. The van der Waals surface area contributed by atoms with Crippen molar-refractivity contribution < 1.29 is 21.6 Å². The molecule has 4 rings (SSSR count). The predicted octanol–water partition coefficient (Wildman–Crippen LogP) is 4.39. The standard InChI is InChI=1S/C24H24BrF3N6O2S/c25-20(12-29)23-32-21(11-22(33-23)31-14-16-4-2-8-30-13-16)17-5-3-9-34(15-17)37(35,36)19-7-1-6-18(10-19)24(26,27)28/h1-2,4,6-8,10-13,17,29,31,33H,3,5,9,14-15H2/b23-20+,29-12?. The minimum Gasteiger partial charge on any atom is -0.367 e. The van der Waals surface area contributed by atoms with E-state index in [1.807, 2.05) is 12.1 Å². The first-order valence-electron chi connectivity index (χ1n) is 11.4. The van der Waals surface area contributed by atoms with Gasteiger partial charge in [-0.2, -0.15) is 17.5 Å². The van der Waals surface area contributed by atoms with Gasteiger partial charge in [0.2, 0.25) is 10.0 Å². The molecule has 196 valence electrons. The fraction of sp³-hybridized carbons (Fsp3) is 0.292. The highest BCUT2D eigenvalue weighted by atomic mass is 79.9. The Kier molecular flexibility index (Phi) is 8.14. The molecule has 0 aliphatic carbocycles. The predicted molar refractivity (Wildman–Crippen MR) is 137 cm³/mol. The molecule has 0 amide bonds. The van der Waals surface area contributed by atoms with Crippen LogP contribution in [0.1, 0.15) is 24.0 Å². The normalized spacial score (nSPS) is 20.4. The molecule has 0 bridgehead atoms. The summed E-state index contributed by atoms with van der Waals surface area (Å²) in [5.41, 5.74) is 0.538. The fourth-order valence-electron chi connectivity index (χ4n) is 4.07. The summed E-state index contributed by atoms with van der Waals surface area (Å²) in [6, 6.07) is 7.54. The molecule has 0 radical (unpaired) electrons. The Balaban J connectivity index is 1.58. The number of rotatable bonds is 7. The van der Waals surface area contributed by atoms with Gasteiger partial charge in [0.15, 0.2) is 0 Å². The van der Waals surface area contributed by atoms with Gasteiger partial charge in [-0.15, -0.1) is 0 Å². The third kappa shape index (κ3) is 6.46.